The summed E-state index contributed by atoms with van der Waals surface area (Å²) in [5, 5.41) is 11.4. The summed E-state index contributed by atoms with van der Waals surface area (Å²) in [5.41, 5.74) is 8.65. The van der Waals surface area contributed by atoms with Gasteiger partial charge in [0.25, 0.3) is 5.91 Å². The van der Waals surface area contributed by atoms with E-state index in [0.29, 0.717) is 29.8 Å². The monoisotopic (exact) mass is 574 g/mol. The maximum atomic E-state index is 15.0. The molecule has 0 fully saturated rings. The van der Waals surface area contributed by atoms with E-state index in [2.05, 4.69) is 5.32 Å². The fourth-order valence-corrected chi connectivity index (χ4v) is 5.20. The zero-order chi connectivity index (χ0) is 30.4. The predicted octanol–water partition coefficient (Wildman–Crippen LogP) is 6.95. The Bertz CT molecular complexity index is 1530. The standard InChI is InChI=1S/C33H36F2N4O3/c1-33(2,3)30(39(17-7-16-37-32(41)42)31(40)23-10-13-26(36)14-11-23)29-18-24(27-19-25(34)12-15-28(27)35)21-38(29)20-22-8-5-4-6-9-22/h4-6,8-15,18-19,21,30,37H,7,16-17,20,36H2,1-3H3,(H,41,42)/t30-/m0/s1. The fraction of sp³-hybridized carbons (Fsp3) is 0.273. The summed E-state index contributed by atoms with van der Waals surface area (Å²) in [6.45, 7) is 6.87. The van der Waals surface area contributed by atoms with E-state index < -0.39 is 29.2 Å². The Kier molecular flexibility index (Phi) is 9.30. The van der Waals surface area contributed by atoms with E-state index in [1.807, 2.05) is 61.7 Å². The second-order valence-electron chi connectivity index (χ2n) is 11.4. The highest BCUT2D eigenvalue weighted by molar-refractivity contribution is 5.95. The van der Waals surface area contributed by atoms with Crippen molar-refractivity contribution in [2.75, 3.05) is 18.8 Å². The number of carbonyl (C=O) groups excluding carboxylic acids is 1. The number of rotatable bonds is 10. The third-order valence-electron chi connectivity index (χ3n) is 7.05. The SMILES string of the molecule is CC(C)(C)[C@H](c1cc(-c2cc(F)ccc2F)cn1Cc1ccccc1)N(CCCNC(=O)O)C(=O)c1ccc(N)cc1. The van der Waals surface area contributed by atoms with Crippen molar-refractivity contribution in [1.82, 2.24) is 14.8 Å². The molecule has 0 aliphatic rings. The molecule has 0 saturated heterocycles. The number of carbonyl (C=O) groups is 2. The normalized spacial score (nSPS) is 12.1. The smallest absolute Gasteiger partial charge is 0.404 e. The summed E-state index contributed by atoms with van der Waals surface area (Å²) in [4.78, 5) is 26.9. The van der Waals surface area contributed by atoms with Gasteiger partial charge in [0, 0.05) is 53.9 Å². The molecule has 9 heteroatoms. The van der Waals surface area contributed by atoms with Crippen molar-refractivity contribution in [3.05, 3.63) is 114 Å². The van der Waals surface area contributed by atoms with E-state index in [-0.39, 0.29) is 24.6 Å². The third-order valence-corrected chi connectivity index (χ3v) is 7.05. The molecule has 4 aromatic rings. The Labute approximate surface area is 244 Å². The van der Waals surface area contributed by atoms with Gasteiger partial charge >= 0.3 is 6.09 Å². The Morgan fingerprint density at radius 1 is 1.00 bits per heavy atom. The van der Waals surface area contributed by atoms with Crippen LogP contribution in [0.2, 0.25) is 0 Å². The van der Waals surface area contributed by atoms with Gasteiger partial charge in [-0.05, 0) is 65.9 Å². The van der Waals surface area contributed by atoms with Crippen molar-refractivity contribution in [3.63, 3.8) is 0 Å². The van der Waals surface area contributed by atoms with Crippen molar-refractivity contribution < 1.29 is 23.5 Å². The quantitative estimate of drug-likeness (QED) is 0.141. The average Bonchev–Trinajstić information content (AvgIpc) is 3.33. The Morgan fingerprint density at radius 3 is 2.33 bits per heavy atom. The first-order valence-corrected chi connectivity index (χ1v) is 13.8. The van der Waals surface area contributed by atoms with E-state index in [9.17, 15) is 18.4 Å². The van der Waals surface area contributed by atoms with Crippen LogP contribution in [0.15, 0.2) is 85.1 Å². The summed E-state index contributed by atoms with van der Waals surface area (Å²) in [6.07, 6.45) is 1.01. The van der Waals surface area contributed by atoms with Crippen molar-refractivity contribution in [2.24, 2.45) is 5.41 Å². The molecule has 0 aliphatic carbocycles. The number of hydrogen-bond donors (Lipinski definition) is 3. The molecule has 2 amide bonds. The highest BCUT2D eigenvalue weighted by Crippen LogP contribution is 2.41. The van der Waals surface area contributed by atoms with Gasteiger partial charge in [0.1, 0.15) is 11.6 Å². The molecule has 4 rings (SSSR count). The highest BCUT2D eigenvalue weighted by Gasteiger charge is 2.37. The molecular weight excluding hydrogens is 538 g/mol. The van der Waals surface area contributed by atoms with Gasteiger partial charge in [-0.15, -0.1) is 0 Å². The van der Waals surface area contributed by atoms with E-state index >= 15 is 0 Å². The van der Waals surface area contributed by atoms with Crippen LogP contribution in [-0.4, -0.2) is 39.7 Å². The lowest BCUT2D eigenvalue weighted by Crippen LogP contribution is -2.43. The number of anilines is 1. The van der Waals surface area contributed by atoms with Crippen LogP contribution in [0.25, 0.3) is 11.1 Å². The number of nitrogens with one attached hydrogen (secondary N) is 1. The molecule has 0 unspecified atom stereocenters. The number of amides is 2. The first-order valence-electron chi connectivity index (χ1n) is 13.8. The number of hydrogen-bond acceptors (Lipinski definition) is 3. The summed E-state index contributed by atoms with van der Waals surface area (Å²) in [7, 11) is 0. The number of carboxylic acid groups (broad SMARTS) is 1. The van der Waals surface area contributed by atoms with Crippen LogP contribution in [0.1, 0.15) is 54.8 Å². The number of nitrogens with two attached hydrogens (primary N) is 1. The van der Waals surface area contributed by atoms with Gasteiger partial charge in [0.2, 0.25) is 0 Å². The highest BCUT2D eigenvalue weighted by atomic mass is 19.1. The maximum absolute atomic E-state index is 15.0. The van der Waals surface area contributed by atoms with Crippen molar-refractivity contribution in [2.45, 2.75) is 39.8 Å². The van der Waals surface area contributed by atoms with Crippen LogP contribution in [0.5, 0.6) is 0 Å². The van der Waals surface area contributed by atoms with Crippen LogP contribution in [-0.2, 0) is 6.54 Å². The number of benzene rings is 3. The first kappa shape index (κ1) is 30.3. The molecule has 0 spiro atoms. The zero-order valence-electron chi connectivity index (χ0n) is 24.0. The number of nitrogens with zero attached hydrogens (tertiary/aromatic N) is 2. The summed E-state index contributed by atoms with van der Waals surface area (Å²) < 4.78 is 31.2. The molecule has 0 radical (unpaired) electrons. The second kappa shape index (κ2) is 12.9. The molecule has 3 aromatic carbocycles. The molecule has 42 heavy (non-hydrogen) atoms. The van der Waals surface area contributed by atoms with E-state index in [4.69, 9.17) is 10.8 Å². The van der Waals surface area contributed by atoms with Gasteiger partial charge in [0.15, 0.2) is 0 Å². The Morgan fingerprint density at radius 2 is 1.69 bits per heavy atom. The third kappa shape index (κ3) is 7.34. The predicted molar refractivity (Wildman–Crippen MR) is 160 cm³/mol. The first-order chi connectivity index (χ1) is 19.9. The van der Waals surface area contributed by atoms with Gasteiger partial charge in [-0.2, -0.15) is 0 Å². The molecular formula is C33H36F2N4O3. The second-order valence-corrected chi connectivity index (χ2v) is 11.4. The minimum atomic E-state index is -1.14. The van der Waals surface area contributed by atoms with Gasteiger partial charge in [0.05, 0.1) is 6.04 Å². The lowest BCUT2D eigenvalue weighted by atomic mass is 9.82. The number of nitrogen functional groups attached to an aromatic ring is 1. The van der Waals surface area contributed by atoms with Crippen LogP contribution in [0.4, 0.5) is 19.3 Å². The number of halogens is 2. The molecule has 0 saturated carbocycles. The molecule has 0 bridgehead atoms. The van der Waals surface area contributed by atoms with Crippen LogP contribution in [0, 0.1) is 17.0 Å². The fourth-order valence-electron chi connectivity index (χ4n) is 5.20. The molecule has 7 nitrogen and oxygen atoms in total. The summed E-state index contributed by atoms with van der Waals surface area (Å²) >= 11 is 0. The van der Waals surface area contributed by atoms with E-state index in [1.54, 1.807) is 35.4 Å². The molecule has 1 aromatic heterocycles. The van der Waals surface area contributed by atoms with Crippen LogP contribution < -0.4 is 11.1 Å². The summed E-state index contributed by atoms with van der Waals surface area (Å²) in [6, 6.07) is 21.0. The topological polar surface area (TPSA) is 101 Å². The van der Waals surface area contributed by atoms with Gasteiger partial charge in [-0.25, -0.2) is 13.6 Å². The number of aromatic nitrogens is 1. The lowest BCUT2D eigenvalue weighted by molar-refractivity contribution is 0.0491. The van der Waals surface area contributed by atoms with Gasteiger partial charge in [-0.3, -0.25) is 4.79 Å². The summed E-state index contributed by atoms with van der Waals surface area (Å²) in [5.74, 6) is -1.36. The average molecular weight is 575 g/mol. The van der Waals surface area contributed by atoms with Crippen LogP contribution >= 0.6 is 0 Å². The van der Waals surface area contributed by atoms with E-state index in [0.717, 1.165) is 23.4 Å². The largest absolute Gasteiger partial charge is 0.465 e. The van der Waals surface area contributed by atoms with Crippen molar-refractivity contribution >= 4 is 17.7 Å². The molecule has 1 heterocycles. The Balaban J connectivity index is 1.87. The lowest BCUT2D eigenvalue weighted by Gasteiger charge is -2.41. The van der Waals surface area contributed by atoms with Crippen molar-refractivity contribution in [3.8, 4) is 11.1 Å². The van der Waals surface area contributed by atoms with E-state index in [1.165, 1.54) is 6.07 Å². The van der Waals surface area contributed by atoms with Gasteiger partial charge in [-0.1, -0.05) is 51.1 Å². The van der Waals surface area contributed by atoms with Gasteiger partial charge < -0.3 is 25.6 Å². The Hall–Kier alpha value is -4.66. The van der Waals surface area contributed by atoms with Crippen molar-refractivity contribution in [1.29, 1.82) is 0 Å². The molecule has 220 valence electrons. The maximum Gasteiger partial charge on any atom is 0.404 e. The van der Waals surface area contributed by atoms with Crippen LogP contribution in [0.3, 0.4) is 0 Å². The minimum Gasteiger partial charge on any atom is -0.465 e. The molecule has 1 atom stereocenters. The molecule has 0 aliphatic heterocycles. The minimum absolute atomic E-state index is 0.123. The molecule has 4 N–H and O–H groups in total. The zero-order valence-corrected chi connectivity index (χ0v) is 24.0.